The number of anilines is 1. The number of alkyl halides is 2. The highest BCUT2D eigenvalue weighted by atomic mass is 32.2. The minimum atomic E-state index is -2.72. The summed E-state index contributed by atoms with van der Waals surface area (Å²) < 4.78 is 26.5. The maximum absolute atomic E-state index is 13.2. The molecule has 0 spiro atoms. The molecule has 2 aliphatic rings. The van der Waals surface area contributed by atoms with Crippen molar-refractivity contribution in [2.24, 2.45) is 0 Å². The van der Waals surface area contributed by atoms with E-state index in [4.69, 9.17) is 5.73 Å². The van der Waals surface area contributed by atoms with E-state index in [1.54, 1.807) is 0 Å². The van der Waals surface area contributed by atoms with Gasteiger partial charge in [-0.25, -0.2) is 13.8 Å². The van der Waals surface area contributed by atoms with Gasteiger partial charge in [0.05, 0.1) is 22.5 Å². The minimum Gasteiger partial charge on any atom is -0.375 e. The third-order valence-corrected chi connectivity index (χ3v) is 5.79. The van der Waals surface area contributed by atoms with Crippen molar-refractivity contribution >= 4 is 45.2 Å². The summed E-state index contributed by atoms with van der Waals surface area (Å²) in [6.07, 6.45) is 0.812. The average molecular weight is 373 g/mol. The molecule has 2 fully saturated rings. The van der Waals surface area contributed by atoms with Crippen LogP contribution in [0.5, 0.6) is 0 Å². The number of halogens is 2. The summed E-state index contributed by atoms with van der Waals surface area (Å²) in [6, 6.07) is 0. The first-order valence-electron chi connectivity index (χ1n) is 7.15. The van der Waals surface area contributed by atoms with Crippen LogP contribution >= 0.6 is 23.1 Å². The number of ketones is 1. The van der Waals surface area contributed by atoms with Crippen LogP contribution in [0.4, 0.5) is 18.7 Å². The second-order valence-corrected chi connectivity index (χ2v) is 7.56. The zero-order valence-electron chi connectivity index (χ0n) is 12.4. The van der Waals surface area contributed by atoms with Gasteiger partial charge in [0, 0.05) is 12.8 Å². The van der Waals surface area contributed by atoms with Crippen LogP contribution in [-0.4, -0.2) is 39.3 Å². The topological polar surface area (TPSA) is 93.4 Å². The fourth-order valence-electron chi connectivity index (χ4n) is 2.53. The quantitative estimate of drug-likeness (QED) is 0.646. The molecule has 1 aromatic rings. The molecular formula is C14H13F2N3O3S2. The molecule has 3 rings (SSSR count). The predicted octanol–water partition coefficient (Wildman–Crippen LogP) is 3.07. The number of amides is 2. The summed E-state index contributed by atoms with van der Waals surface area (Å²) >= 11 is 1.69. The van der Waals surface area contributed by atoms with Gasteiger partial charge >= 0.3 is 0 Å². The van der Waals surface area contributed by atoms with E-state index < -0.39 is 29.4 Å². The van der Waals surface area contributed by atoms with Gasteiger partial charge in [-0.3, -0.25) is 19.3 Å². The van der Waals surface area contributed by atoms with E-state index in [-0.39, 0.29) is 40.6 Å². The molecule has 0 bridgehead atoms. The van der Waals surface area contributed by atoms with E-state index in [2.05, 4.69) is 4.98 Å². The first-order valence-corrected chi connectivity index (χ1v) is 8.78. The Morgan fingerprint density at radius 2 is 2.00 bits per heavy atom. The lowest BCUT2D eigenvalue weighted by atomic mass is 9.91. The largest absolute Gasteiger partial charge is 0.375 e. The molecule has 1 aliphatic heterocycles. The Morgan fingerprint density at radius 1 is 1.33 bits per heavy atom. The minimum absolute atomic E-state index is 0.0848. The van der Waals surface area contributed by atoms with Crippen LogP contribution in [0.25, 0.3) is 0 Å². The van der Waals surface area contributed by atoms with Gasteiger partial charge in [-0.2, -0.15) is 0 Å². The highest BCUT2D eigenvalue weighted by Gasteiger charge is 2.41. The number of hydrogen-bond donors (Lipinski definition) is 1. The molecule has 2 heterocycles. The number of thiazole rings is 1. The van der Waals surface area contributed by atoms with Crippen LogP contribution < -0.4 is 5.73 Å². The van der Waals surface area contributed by atoms with Crippen molar-refractivity contribution in [2.75, 3.05) is 12.3 Å². The summed E-state index contributed by atoms with van der Waals surface area (Å²) in [5.41, 5.74) is 6.03. The normalized spacial score (nSPS) is 20.8. The number of aromatic nitrogens is 1. The highest BCUT2D eigenvalue weighted by molar-refractivity contribution is 8.18. The van der Waals surface area contributed by atoms with Crippen LogP contribution in [0, 0.1) is 0 Å². The van der Waals surface area contributed by atoms with Crippen LogP contribution in [0.3, 0.4) is 0 Å². The standard InChI is InChI=1S/C14H13F2N3O3S2/c15-14(16)3-1-7(2-4-14)10-11(21)19(13(22)24-10)6-8(20)9-5-18-12(17)23-9/h5H,1-4,6H2,(H2,17,18). The van der Waals surface area contributed by atoms with E-state index in [1.165, 1.54) is 6.20 Å². The van der Waals surface area contributed by atoms with E-state index in [0.717, 1.165) is 16.2 Å². The number of Topliss-reactive ketones (excluding diaryl/α,β-unsaturated/α-hetero) is 1. The molecule has 0 atom stereocenters. The lowest BCUT2D eigenvalue weighted by Crippen LogP contribution is -2.33. The monoisotopic (exact) mass is 373 g/mol. The Kier molecular flexibility index (Phi) is 4.43. The van der Waals surface area contributed by atoms with Crippen molar-refractivity contribution in [1.29, 1.82) is 0 Å². The summed E-state index contributed by atoms with van der Waals surface area (Å²) in [6.45, 7) is -0.404. The van der Waals surface area contributed by atoms with Crippen LogP contribution in [0.15, 0.2) is 16.7 Å². The van der Waals surface area contributed by atoms with Gasteiger partial charge < -0.3 is 5.73 Å². The molecule has 6 nitrogen and oxygen atoms in total. The Hall–Kier alpha value is -1.81. The van der Waals surface area contributed by atoms with Gasteiger partial charge in [0.25, 0.3) is 11.1 Å². The number of allylic oxidation sites excluding steroid dienone is 1. The number of hydrogen-bond acceptors (Lipinski definition) is 7. The molecule has 0 radical (unpaired) electrons. The van der Waals surface area contributed by atoms with Crippen LogP contribution in [0.1, 0.15) is 35.4 Å². The molecule has 24 heavy (non-hydrogen) atoms. The molecule has 128 valence electrons. The molecule has 0 unspecified atom stereocenters. The van der Waals surface area contributed by atoms with Crippen molar-refractivity contribution in [1.82, 2.24) is 9.88 Å². The van der Waals surface area contributed by atoms with Crippen LogP contribution in [-0.2, 0) is 4.79 Å². The van der Waals surface area contributed by atoms with Gasteiger partial charge in [0.15, 0.2) is 10.9 Å². The summed E-state index contributed by atoms with van der Waals surface area (Å²) in [4.78, 5) is 41.6. The van der Waals surface area contributed by atoms with Crippen molar-refractivity contribution in [3.05, 3.63) is 21.6 Å². The number of imide groups is 1. The lowest BCUT2D eigenvalue weighted by Gasteiger charge is -2.24. The molecule has 1 saturated heterocycles. The molecule has 10 heteroatoms. The van der Waals surface area contributed by atoms with Crippen molar-refractivity contribution in [3.63, 3.8) is 0 Å². The van der Waals surface area contributed by atoms with Gasteiger partial charge in [-0.1, -0.05) is 16.9 Å². The maximum atomic E-state index is 13.2. The molecule has 1 aromatic heterocycles. The Bertz CT molecular complexity index is 748. The number of nitrogens with two attached hydrogens (primary N) is 1. The van der Waals surface area contributed by atoms with Gasteiger partial charge in [0.2, 0.25) is 5.92 Å². The van der Waals surface area contributed by atoms with Gasteiger partial charge in [-0.05, 0) is 24.6 Å². The molecule has 1 aliphatic carbocycles. The third-order valence-electron chi connectivity index (χ3n) is 3.86. The van der Waals surface area contributed by atoms with E-state index in [9.17, 15) is 23.2 Å². The fraction of sp³-hybridized carbons (Fsp3) is 0.429. The van der Waals surface area contributed by atoms with Gasteiger partial charge in [0.1, 0.15) is 0 Å². The Labute approximate surface area is 144 Å². The molecule has 2 amide bonds. The third kappa shape index (κ3) is 3.34. The van der Waals surface area contributed by atoms with E-state index >= 15 is 0 Å². The molecular weight excluding hydrogens is 360 g/mol. The summed E-state index contributed by atoms with van der Waals surface area (Å²) in [7, 11) is 0. The fourth-order valence-corrected chi connectivity index (χ4v) is 4.13. The number of carbonyl (C=O) groups is 3. The number of thioether (sulfide) groups is 1. The smallest absolute Gasteiger partial charge is 0.293 e. The second kappa shape index (κ2) is 6.25. The first-order chi connectivity index (χ1) is 11.3. The van der Waals surface area contributed by atoms with E-state index in [1.807, 2.05) is 0 Å². The lowest BCUT2D eigenvalue weighted by molar-refractivity contribution is -0.122. The molecule has 1 saturated carbocycles. The van der Waals surface area contributed by atoms with E-state index in [0.29, 0.717) is 17.3 Å². The van der Waals surface area contributed by atoms with Crippen LogP contribution in [0.2, 0.25) is 0 Å². The van der Waals surface area contributed by atoms with Crippen molar-refractivity contribution in [3.8, 4) is 0 Å². The first kappa shape index (κ1) is 17.0. The van der Waals surface area contributed by atoms with Crippen molar-refractivity contribution < 1.29 is 23.2 Å². The Morgan fingerprint density at radius 3 is 2.58 bits per heavy atom. The average Bonchev–Trinajstić information content (AvgIpc) is 3.06. The second-order valence-electron chi connectivity index (χ2n) is 5.53. The van der Waals surface area contributed by atoms with Crippen molar-refractivity contribution in [2.45, 2.75) is 31.6 Å². The SMILES string of the molecule is Nc1ncc(C(=O)CN2C(=O)SC(=C3CCC(F)(F)CC3)C2=O)s1. The number of nitrogens with zero attached hydrogens (tertiary/aromatic N) is 2. The van der Waals surface area contributed by atoms with Gasteiger partial charge in [-0.15, -0.1) is 0 Å². The highest BCUT2D eigenvalue weighted by Crippen LogP contribution is 2.42. The number of rotatable bonds is 3. The summed E-state index contributed by atoms with van der Waals surface area (Å²) in [5.74, 6) is -3.74. The predicted molar refractivity (Wildman–Crippen MR) is 86.0 cm³/mol. The maximum Gasteiger partial charge on any atom is 0.293 e. The summed E-state index contributed by atoms with van der Waals surface area (Å²) in [5, 5.41) is -0.344. The zero-order valence-corrected chi connectivity index (χ0v) is 14.0. The number of nitrogen functional groups attached to an aromatic ring is 1. The molecule has 2 N–H and O–H groups in total. The number of carbonyl (C=O) groups excluding carboxylic acids is 3. The molecule has 0 aromatic carbocycles. The Balaban J connectivity index is 1.74. The zero-order chi connectivity index (χ0) is 17.5.